The molecule has 130 valence electrons. The predicted octanol–water partition coefficient (Wildman–Crippen LogP) is 3.60. The van der Waals surface area contributed by atoms with E-state index in [1.807, 2.05) is 32.0 Å². The van der Waals surface area contributed by atoms with E-state index in [-0.39, 0.29) is 6.04 Å². The van der Waals surface area contributed by atoms with Gasteiger partial charge in [-0.2, -0.15) is 4.98 Å². The highest BCUT2D eigenvalue weighted by Crippen LogP contribution is 2.21. The molecule has 7 heteroatoms. The topological polar surface area (TPSA) is 89.6 Å². The molecule has 3 aromatic heterocycles. The summed E-state index contributed by atoms with van der Waals surface area (Å²) in [5.41, 5.74) is 1.74. The summed E-state index contributed by atoms with van der Waals surface area (Å²) < 4.78 is 5.37. The zero-order valence-corrected chi connectivity index (χ0v) is 14.9. The quantitative estimate of drug-likeness (QED) is 0.734. The van der Waals surface area contributed by atoms with Crippen LogP contribution in [0.25, 0.3) is 11.4 Å². The lowest BCUT2D eigenvalue weighted by atomic mass is 10.1. The Morgan fingerprint density at radius 1 is 1.16 bits per heavy atom. The highest BCUT2D eigenvalue weighted by atomic mass is 16.5. The molecule has 0 aliphatic rings. The van der Waals surface area contributed by atoms with Gasteiger partial charge in [0.05, 0.1) is 0 Å². The molecular weight excluding hydrogens is 316 g/mol. The van der Waals surface area contributed by atoms with E-state index in [4.69, 9.17) is 4.52 Å². The van der Waals surface area contributed by atoms with E-state index < -0.39 is 0 Å². The van der Waals surface area contributed by atoms with E-state index in [9.17, 15) is 0 Å². The molecule has 1 N–H and O–H groups in total. The SMILES string of the molecule is Cc1cc(N[C@H](C)c2nc(CC(C)C)no2)nc(-c2cccnc2)n1. The Morgan fingerprint density at radius 2 is 2.00 bits per heavy atom. The Kier molecular flexibility index (Phi) is 5.02. The average molecular weight is 338 g/mol. The predicted molar refractivity (Wildman–Crippen MR) is 94.9 cm³/mol. The van der Waals surface area contributed by atoms with Crippen molar-refractivity contribution in [2.75, 3.05) is 5.32 Å². The molecule has 0 fully saturated rings. The van der Waals surface area contributed by atoms with Gasteiger partial charge in [0.25, 0.3) is 0 Å². The minimum Gasteiger partial charge on any atom is -0.358 e. The van der Waals surface area contributed by atoms with Gasteiger partial charge in [0.15, 0.2) is 11.6 Å². The number of rotatable bonds is 6. The molecule has 1 atom stereocenters. The van der Waals surface area contributed by atoms with Crippen LogP contribution in [0.15, 0.2) is 35.1 Å². The highest BCUT2D eigenvalue weighted by Gasteiger charge is 2.16. The van der Waals surface area contributed by atoms with Gasteiger partial charge in [-0.1, -0.05) is 19.0 Å². The molecule has 0 bridgehead atoms. The van der Waals surface area contributed by atoms with Crippen molar-refractivity contribution in [3.05, 3.63) is 48.0 Å². The number of aromatic nitrogens is 5. The second kappa shape index (κ2) is 7.38. The van der Waals surface area contributed by atoms with Crippen molar-refractivity contribution in [2.45, 2.75) is 40.2 Å². The first-order chi connectivity index (χ1) is 12.0. The fourth-order valence-corrected chi connectivity index (χ4v) is 2.44. The second-order valence-corrected chi connectivity index (χ2v) is 6.47. The maximum atomic E-state index is 5.37. The monoisotopic (exact) mass is 338 g/mol. The van der Waals surface area contributed by atoms with E-state index in [0.717, 1.165) is 23.5 Å². The maximum absolute atomic E-state index is 5.37. The summed E-state index contributed by atoms with van der Waals surface area (Å²) in [5, 5.41) is 7.34. The molecule has 3 rings (SSSR count). The molecule has 0 unspecified atom stereocenters. The summed E-state index contributed by atoms with van der Waals surface area (Å²) in [6, 6.07) is 5.54. The summed E-state index contributed by atoms with van der Waals surface area (Å²) in [6.07, 6.45) is 4.27. The molecule has 3 aromatic rings. The fraction of sp³-hybridized carbons (Fsp3) is 0.389. The molecule has 0 aliphatic heterocycles. The van der Waals surface area contributed by atoms with E-state index in [0.29, 0.717) is 23.5 Å². The van der Waals surface area contributed by atoms with Gasteiger partial charge < -0.3 is 9.84 Å². The Morgan fingerprint density at radius 3 is 2.72 bits per heavy atom. The summed E-state index contributed by atoms with van der Waals surface area (Å²) in [6.45, 7) is 8.15. The first-order valence-electron chi connectivity index (χ1n) is 8.36. The van der Waals surface area contributed by atoms with Crippen LogP contribution in [0.5, 0.6) is 0 Å². The third-order valence-corrected chi connectivity index (χ3v) is 3.58. The highest BCUT2D eigenvalue weighted by molar-refractivity contribution is 5.56. The number of anilines is 1. The molecule has 0 aromatic carbocycles. The molecule has 0 saturated heterocycles. The van der Waals surface area contributed by atoms with Crippen molar-refractivity contribution in [2.24, 2.45) is 5.92 Å². The number of aryl methyl sites for hydroxylation is 1. The van der Waals surface area contributed by atoms with Gasteiger partial charge in [-0.25, -0.2) is 9.97 Å². The Bertz CT molecular complexity index is 831. The number of hydrogen-bond donors (Lipinski definition) is 1. The molecule has 0 spiro atoms. The molecule has 0 amide bonds. The summed E-state index contributed by atoms with van der Waals surface area (Å²) >= 11 is 0. The standard InChI is InChI=1S/C18H22N6O/c1-11(2)8-16-23-18(25-24-16)13(4)21-15-9-12(3)20-17(22-15)14-6-5-7-19-10-14/h5-7,9-11,13H,8H2,1-4H3,(H,20,21,22)/t13-/m1/s1. The summed E-state index contributed by atoms with van der Waals surface area (Å²) in [7, 11) is 0. The average Bonchev–Trinajstić information content (AvgIpc) is 3.03. The van der Waals surface area contributed by atoms with Crippen LogP contribution in [0.4, 0.5) is 5.82 Å². The molecule has 25 heavy (non-hydrogen) atoms. The van der Waals surface area contributed by atoms with E-state index in [2.05, 4.69) is 44.3 Å². The van der Waals surface area contributed by atoms with Gasteiger partial charge in [-0.15, -0.1) is 0 Å². The Labute approximate surface area is 146 Å². The third-order valence-electron chi connectivity index (χ3n) is 3.58. The van der Waals surface area contributed by atoms with Crippen molar-refractivity contribution in [1.29, 1.82) is 0 Å². The van der Waals surface area contributed by atoms with Crippen LogP contribution in [0.1, 0.15) is 44.2 Å². The van der Waals surface area contributed by atoms with Gasteiger partial charge in [0.2, 0.25) is 5.89 Å². The normalized spacial score (nSPS) is 12.4. The van der Waals surface area contributed by atoms with Crippen LogP contribution in [-0.4, -0.2) is 25.1 Å². The van der Waals surface area contributed by atoms with Crippen LogP contribution in [0.2, 0.25) is 0 Å². The number of pyridine rings is 1. The third kappa shape index (κ3) is 4.37. The van der Waals surface area contributed by atoms with Crippen molar-refractivity contribution in [3.8, 4) is 11.4 Å². The van der Waals surface area contributed by atoms with Crippen molar-refractivity contribution < 1.29 is 4.52 Å². The largest absolute Gasteiger partial charge is 0.358 e. The lowest BCUT2D eigenvalue weighted by molar-refractivity contribution is 0.360. The fourth-order valence-electron chi connectivity index (χ4n) is 2.44. The number of nitrogens with zero attached hydrogens (tertiary/aromatic N) is 5. The molecule has 0 saturated carbocycles. The van der Waals surface area contributed by atoms with Crippen LogP contribution in [0.3, 0.4) is 0 Å². The summed E-state index contributed by atoms with van der Waals surface area (Å²) in [4.78, 5) is 17.6. The zero-order valence-electron chi connectivity index (χ0n) is 14.9. The lowest BCUT2D eigenvalue weighted by Gasteiger charge is -2.12. The molecule has 3 heterocycles. The van der Waals surface area contributed by atoms with Gasteiger partial charge in [0, 0.05) is 36.1 Å². The number of hydrogen-bond acceptors (Lipinski definition) is 7. The van der Waals surface area contributed by atoms with Gasteiger partial charge >= 0.3 is 0 Å². The number of nitrogens with one attached hydrogen (secondary N) is 1. The first kappa shape index (κ1) is 17.0. The van der Waals surface area contributed by atoms with E-state index >= 15 is 0 Å². The van der Waals surface area contributed by atoms with E-state index in [1.54, 1.807) is 12.4 Å². The summed E-state index contributed by atoms with van der Waals surface area (Å²) in [5.74, 6) is 3.11. The maximum Gasteiger partial charge on any atom is 0.248 e. The molecule has 7 nitrogen and oxygen atoms in total. The van der Waals surface area contributed by atoms with Crippen molar-refractivity contribution in [1.82, 2.24) is 25.1 Å². The molecular formula is C18H22N6O. The smallest absolute Gasteiger partial charge is 0.248 e. The molecule has 0 aliphatic carbocycles. The zero-order chi connectivity index (χ0) is 17.8. The molecule has 0 radical (unpaired) electrons. The van der Waals surface area contributed by atoms with Gasteiger partial charge in [-0.3, -0.25) is 4.98 Å². The van der Waals surface area contributed by atoms with Crippen LogP contribution < -0.4 is 5.32 Å². The van der Waals surface area contributed by atoms with Crippen LogP contribution in [0, 0.1) is 12.8 Å². The van der Waals surface area contributed by atoms with Gasteiger partial charge in [-0.05, 0) is 31.9 Å². The van der Waals surface area contributed by atoms with Gasteiger partial charge in [0.1, 0.15) is 11.9 Å². The lowest BCUT2D eigenvalue weighted by Crippen LogP contribution is -2.10. The van der Waals surface area contributed by atoms with Crippen molar-refractivity contribution in [3.63, 3.8) is 0 Å². The van der Waals surface area contributed by atoms with Crippen molar-refractivity contribution >= 4 is 5.82 Å². The van der Waals surface area contributed by atoms with E-state index in [1.165, 1.54) is 0 Å². The van der Waals surface area contributed by atoms with Crippen LogP contribution in [-0.2, 0) is 6.42 Å². The second-order valence-electron chi connectivity index (χ2n) is 6.47. The Balaban J connectivity index is 1.78. The minimum atomic E-state index is -0.149. The van der Waals surface area contributed by atoms with Crippen LogP contribution >= 0.6 is 0 Å². The Hall–Kier alpha value is -2.83. The first-order valence-corrected chi connectivity index (χ1v) is 8.36. The minimum absolute atomic E-state index is 0.149.